The summed E-state index contributed by atoms with van der Waals surface area (Å²) in [5.74, 6) is -0.0324. The number of nitrogens with one attached hydrogen (secondary N) is 1. The van der Waals surface area contributed by atoms with E-state index in [0.29, 0.717) is 11.6 Å². The average molecular weight is 254 g/mol. The maximum absolute atomic E-state index is 11.8. The molecule has 0 saturated carbocycles. The minimum Gasteiger partial charge on any atom is -0.368 e. The van der Waals surface area contributed by atoms with Crippen molar-refractivity contribution in [3.63, 3.8) is 0 Å². The molecule has 0 radical (unpaired) electrons. The first-order valence-corrected chi connectivity index (χ1v) is 6.22. The number of hydrogen-bond acceptors (Lipinski definition) is 2. The van der Waals surface area contributed by atoms with Crippen molar-refractivity contribution in [1.82, 2.24) is 5.32 Å². The number of carbonyl (C=O) groups is 1. The van der Waals surface area contributed by atoms with Crippen LogP contribution in [-0.2, 0) is 9.53 Å². The van der Waals surface area contributed by atoms with Crippen LogP contribution in [0, 0.1) is 0 Å². The largest absolute Gasteiger partial charge is 0.368 e. The summed E-state index contributed by atoms with van der Waals surface area (Å²) in [5, 5.41) is 3.62. The number of rotatable bonds is 3. The Morgan fingerprint density at radius 3 is 3.06 bits per heavy atom. The topological polar surface area (TPSA) is 38.3 Å². The van der Waals surface area contributed by atoms with Crippen LogP contribution in [0.2, 0.25) is 5.02 Å². The normalized spacial score (nSPS) is 21.2. The monoisotopic (exact) mass is 253 g/mol. The second-order valence-electron chi connectivity index (χ2n) is 4.29. The molecule has 1 aliphatic heterocycles. The van der Waals surface area contributed by atoms with Crippen molar-refractivity contribution in [3.8, 4) is 0 Å². The number of amides is 1. The third-order valence-electron chi connectivity index (χ3n) is 2.93. The summed E-state index contributed by atoms with van der Waals surface area (Å²) in [7, 11) is 0. The van der Waals surface area contributed by atoms with Crippen molar-refractivity contribution in [3.05, 3.63) is 34.9 Å². The first kappa shape index (κ1) is 12.4. The number of benzene rings is 1. The van der Waals surface area contributed by atoms with Crippen LogP contribution < -0.4 is 5.32 Å². The fourth-order valence-electron chi connectivity index (χ4n) is 1.95. The van der Waals surface area contributed by atoms with Gasteiger partial charge in [0.25, 0.3) is 0 Å². The minimum atomic E-state index is -0.281. The highest BCUT2D eigenvalue weighted by Gasteiger charge is 2.24. The smallest absolute Gasteiger partial charge is 0.249 e. The molecular formula is C13H16ClNO2. The third kappa shape index (κ3) is 3.20. The van der Waals surface area contributed by atoms with Gasteiger partial charge >= 0.3 is 0 Å². The van der Waals surface area contributed by atoms with Crippen LogP contribution in [0.5, 0.6) is 0 Å². The van der Waals surface area contributed by atoms with Gasteiger partial charge < -0.3 is 10.1 Å². The van der Waals surface area contributed by atoms with Gasteiger partial charge in [-0.05, 0) is 37.5 Å². The van der Waals surface area contributed by atoms with E-state index >= 15 is 0 Å². The molecule has 3 nitrogen and oxygen atoms in total. The fourth-order valence-corrected chi connectivity index (χ4v) is 2.15. The zero-order valence-electron chi connectivity index (χ0n) is 9.78. The molecule has 1 saturated heterocycles. The van der Waals surface area contributed by atoms with Gasteiger partial charge in [0.05, 0.1) is 6.04 Å². The first-order valence-electron chi connectivity index (χ1n) is 5.84. The molecule has 0 aliphatic carbocycles. The molecule has 1 aromatic rings. The molecule has 0 aromatic heterocycles. The lowest BCUT2D eigenvalue weighted by atomic mass is 10.1. The molecule has 92 valence electrons. The van der Waals surface area contributed by atoms with E-state index in [1.54, 1.807) is 0 Å². The molecule has 1 aromatic carbocycles. The maximum Gasteiger partial charge on any atom is 0.249 e. The summed E-state index contributed by atoms with van der Waals surface area (Å²) in [6, 6.07) is 7.46. The quantitative estimate of drug-likeness (QED) is 0.900. The van der Waals surface area contributed by atoms with Crippen molar-refractivity contribution in [2.45, 2.75) is 31.9 Å². The summed E-state index contributed by atoms with van der Waals surface area (Å²) in [6.45, 7) is 2.63. The second-order valence-corrected chi connectivity index (χ2v) is 4.72. The van der Waals surface area contributed by atoms with Gasteiger partial charge in [-0.3, -0.25) is 4.79 Å². The number of ether oxygens (including phenoxy) is 1. The molecule has 2 rings (SSSR count). The highest BCUT2D eigenvalue weighted by atomic mass is 35.5. The van der Waals surface area contributed by atoms with Crippen molar-refractivity contribution in [2.24, 2.45) is 0 Å². The standard InChI is InChI=1S/C13H16ClNO2/c1-9(10-4-2-5-11(14)8-10)15-13(16)12-6-3-7-17-12/h2,4-5,8-9,12H,3,6-7H2,1H3,(H,15,16). The van der Waals surface area contributed by atoms with Gasteiger partial charge in [0.15, 0.2) is 0 Å². The molecular weight excluding hydrogens is 238 g/mol. The Hall–Kier alpha value is -1.06. The third-order valence-corrected chi connectivity index (χ3v) is 3.16. The highest BCUT2D eigenvalue weighted by molar-refractivity contribution is 6.30. The lowest BCUT2D eigenvalue weighted by molar-refractivity contribution is -0.130. The van der Waals surface area contributed by atoms with Gasteiger partial charge in [-0.15, -0.1) is 0 Å². The van der Waals surface area contributed by atoms with E-state index in [4.69, 9.17) is 16.3 Å². The van der Waals surface area contributed by atoms with E-state index in [1.807, 2.05) is 31.2 Å². The van der Waals surface area contributed by atoms with Gasteiger partial charge in [0.1, 0.15) is 6.10 Å². The maximum atomic E-state index is 11.8. The van der Waals surface area contributed by atoms with E-state index in [-0.39, 0.29) is 18.1 Å². The second kappa shape index (κ2) is 5.52. The van der Waals surface area contributed by atoms with E-state index in [0.717, 1.165) is 18.4 Å². The van der Waals surface area contributed by atoms with Crippen LogP contribution in [0.15, 0.2) is 24.3 Å². The van der Waals surface area contributed by atoms with Crippen molar-refractivity contribution in [1.29, 1.82) is 0 Å². The summed E-state index contributed by atoms with van der Waals surface area (Å²) in [5.41, 5.74) is 1.00. The van der Waals surface area contributed by atoms with Gasteiger partial charge in [-0.1, -0.05) is 23.7 Å². The van der Waals surface area contributed by atoms with Crippen molar-refractivity contribution < 1.29 is 9.53 Å². The van der Waals surface area contributed by atoms with Gasteiger partial charge in [0, 0.05) is 11.6 Å². The zero-order valence-corrected chi connectivity index (χ0v) is 10.5. The highest BCUT2D eigenvalue weighted by Crippen LogP contribution is 2.19. The fraction of sp³-hybridized carbons (Fsp3) is 0.462. The lowest BCUT2D eigenvalue weighted by Crippen LogP contribution is -2.35. The zero-order chi connectivity index (χ0) is 12.3. The molecule has 17 heavy (non-hydrogen) atoms. The van der Waals surface area contributed by atoms with E-state index in [1.165, 1.54) is 0 Å². The lowest BCUT2D eigenvalue weighted by Gasteiger charge is -2.17. The molecule has 0 bridgehead atoms. The number of halogens is 1. The summed E-state index contributed by atoms with van der Waals surface area (Å²) >= 11 is 5.92. The average Bonchev–Trinajstić information content (AvgIpc) is 2.82. The van der Waals surface area contributed by atoms with Crippen LogP contribution in [-0.4, -0.2) is 18.6 Å². The molecule has 2 atom stereocenters. The SMILES string of the molecule is CC(NC(=O)C1CCCO1)c1cccc(Cl)c1. The predicted molar refractivity (Wildman–Crippen MR) is 67.0 cm³/mol. The molecule has 2 unspecified atom stereocenters. The molecule has 1 N–H and O–H groups in total. The van der Waals surface area contributed by atoms with Crippen molar-refractivity contribution >= 4 is 17.5 Å². The first-order chi connectivity index (χ1) is 8.16. The van der Waals surface area contributed by atoms with Gasteiger partial charge in [-0.2, -0.15) is 0 Å². The Balaban J connectivity index is 1.96. The van der Waals surface area contributed by atoms with Crippen LogP contribution in [0.1, 0.15) is 31.4 Å². The van der Waals surface area contributed by atoms with E-state index < -0.39 is 0 Å². The van der Waals surface area contributed by atoms with Crippen molar-refractivity contribution in [2.75, 3.05) is 6.61 Å². The molecule has 1 heterocycles. The van der Waals surface area contributed by atoms with Gasteiger partial charge in [0.2, 0.25) is 5.91 Å². The number of carbonyl (C=O) groups excluding carboxylic acids is 1. The molecule has 4 heteroatoms. The summed E-state index contributed by atoms with van der Waals surface area (Å²) in [4.78, 5) is 11.8. The predicted octanol–water partition coefficient (Wildman–Crippen LogP) is 2.70. The Labute approximate surface area is 106 Å². The molecule has 1 amide bonds. The molecule has 0 spiro atoms. The minimum absolute atomic E-state index is 0.0324. The Morgan fingerprint density at radius 1 is 1.59 bits per heavy atom. The van der Waals surface area contributed by atoms with Crippen LogP contribution in [0.3, 0.4) is 0 Å². The van der Waals surface area contributed by atoms with Gasteiger partial charge in [-0.25, -0.2) is 0 Å². The Morgan fingerprint density at radius 2 is 2.41 bits per heavy atom. The summed E-state index contributed by atoms with van der Waals surface area (Å²) < 4.78 is 5.34. The Bertz CT molecular complexity index is 402. The van der Waals surface area contributed by atoms with E-state index in [9.17, 15) is 4.79 Å². The molecule has 1 fully saturated rings. The molecule has 1 aliphatic rings. The van der Waals surface area contributed by atoms with Crippen LogP contribution in [0.4, 0.5) is 0 Å². The van der Waals surface area contributed by atoms with E-state index in [2.05, 4.69) is 5.32 Å². The summed E-state index contributed by atoms with van der Waals surface area (Å²) in [6.07, 6.45) is 1.49. The Kier molecular flexibility index (Phi) is 4.02. The van der Waals surface area contributed by atoms with Crippen LogP contribution >= 0.6 is 11.6 Å². The van der Waals surface area contributed by atoms with Crippen LogP contribution in [0.25, 0.3) is 0 Å². The number of hydrogen-bond donors (Lipinski definition) is 1.